The van der Waals surface area contributed by atoms with E-state index in [1.54, 1.807) is 11.8 Å². The molecule has 0 aliphatic carbocycles. The Labute approximate surface area is 137 Å². The van der Waals surface area contributed by atoms with Crippen LogP contribution in [-0.2, 0) is 23.5 Å². The molecule has 2 aromatic heterocycles. The summed E-state index contributed by atoms with van der Waals surface area (Å²) in [4.78, 5) is 23.7. The van der Waals surface area contributed by atoms with E-state index in [9.17, 15) is 4.79 Å². The van der Waals surface area contributed by atoms with E-state index in [1.807, 2.05) is 30.5 Å². The third-order valence-corrected chi connectivity index (χ3v) is 3.79. The van der Waals surface area contributed by atoms with Gasteiger partial charge in [-0.2, -0.15) is 16.7 Å². The highest BCUT2D eigenvalue weighted by molar-refractivity contribution is 7.97. The van der Waals surface area contributed by atoms with E-state index in [4.69, 9.17) is 4.52 Å². The molecule has 2 heterocycles. The average Bonchev–Trinajstić information content (AvgIpc) is 3.17. The highest BCUT2D eigenvalue weighted by Gasteiger charge is 2.09. The first-order valence-electron chi connectivity index (χ1n) is 7.25. The van der Waals surface area contributed by atoms with Gasteiger partial charge in [-0.05, 0) is 18.4 Å². The normalized spacial score (nSPS) is 11.0. The number of nitrogens with zero attached hydrogens (tertiary/aromatic N) is 3. The molecule has 3 rings (SSSR count). The average molecular weight is 331 g/mol. The summed E-state index contributed by atoms with van der Waals surface area (Å²) in [6.45, 7) is 0.250. The number of fused-ring (bicyclic) bond motifs is 1. The van der Waals surface area contributed by atoms with Crippen molar-refractivity contribution in [3.8, 4) is 0 Å². The van der Waals surface area contributed by atoms with E-state index in [2.05, 4.69) is 25.4 Å². The largest absolute Gasteiger partial charge is 0.347 e. The van der Waals surface area contributed by atoms with Gasteiger partial charge in [-0.25, -0.2) is 4.98 Å². The van der Waals surface area contributed by atoms with Gasteiger partial charge < -0.3 is 14.8 Å². The van der Waals surface area contributed by atoms with Crippen molar-refractivity contribution in [3.05, 3.63) is 41.8 Å². The molecule has 0 saturated carbocycles. The molecule has 120 valence electrons. The zero-order valence-corrected chi connectivity index (χ0v) is 13.5. The first-order valence-corrected chi connectivity index (χ1v) is 8.64. The van der Waals surface area contributed by atoms with Gasteiger partial charge in [0.15, 0.2) is 5.82 Å². The first-order chi connectivity index (χ1) is 11.2. The van der Waals surface area contributed by atoms with Gasteiger partial charge in [-0.15, -0.1) is 0 Å². The van der Waals surface area contributed by atoms with Gasteiger partial charge in [0.2, 0.25) is 11.8 Å². The van der Waals surface area contributed by atoms with Crippen LogP contribution < -0.4 is 5.32 Å². The molecule has 0 fully saturated rings. The fraction of sp³-hybridized carbons (Fsp3) is 0.333. The van der Waals surface area contributed by atoms with Crippen LogP contribution in [0.1, 0.15) is 24.0 Å². The van der Waals surface area contributed by atoms with Gasteiger partial charge >= 0.3 is 0 Å². The van der Waals surface area contributed by atoms with Gasteiger partial charge in [0.1, 0.15) is 5.82 Å². The Morgan fingerprint density at radius 2 is 2.22 bits per heavy atom. The molecule has 1 amide bonds. The second-order valence-corrected chi connectivity index (χ2v) is 5.88. The van der Waals surface area contributed by atoms with Crippen molar-refractivity contribution in [3.63, 3.8) is 0 Å². The molecule has 23 heavy (non-hydrogen) atoms. The van der Waals surface area contributed by atoms with Gasteiger partial charge in [0.05, 0.1) is 23.3 Å². The Balaban J connectivity index is 1.47. The molecule has 2 N–H and O–H groups in total. The number of carbonyl (C=O) groups excluding carboxylic acids is 1. The summed E-state index contributed by atoms with van der Waals surface area (Å²) in [6.07, 6.45) is 2.88. The minimum absolute atomic E-state index is 0.0740. The maximum Gasteiger partial charge on any atom is 0.246 e. The minimum Gasteiger partial charge on any atom is -0.347 e. The Morgan fingerprint density at radius 3 is 3.04 bits per heavy atom. The lowest BCUT2D eigenvalue weighted by atomic mass is 10.3. The smallest absolute Gasteiger partial charge is 0.246 e. The molecule has 3 aromatic rings. The molecule has 0 spiro atoms. The number of para-hydroxylation sites is 2. The lowest BCUT2D eigenvalue weighted by Crippen LogP contribution is -2.23. The third-order valence-electron chi connectivity index (χ3n) is 3.25. The third kappa shape index (κ3) is 4.10. The van der Waals surface area contributed by atoms with E-state index < -0.39 is 0 Å². The number of hydrogen-bond acceptors (Lipinski definition) is 6. The van der Waals surface area contributed by atoms with Crippen LogP contribution in [-0.4, -0.2) is 32.3 Å². The number of aromatic amines is 1. The SMILES string of the molecule is CSCc1noc(CNC(=O)CCc2nc3ccccc3[nH]2)n1. The Bertz CT molecular complexity index is 765. The predicted molar refractivity (Wildman–Crippen MR) is 87.8 cm³/mol. The number of carbonyl (C=O) groups is 1. The number of benzene rings is 1. The number of aryl methyl sites for hydroxylation is 1. The lowest BCUT2D eigenvalue weighted by Gasteiger charge is -2.00. The van der Waals surface area contributed by atoms with Gasteiger partial charge in [-0.1, -0.05) is 17.3 Å². The van der Waals surface area contributed by atoms with Crippen LogP contribution in [0.15, 0.2) is 28.8 Å². The summed E-state index contributed by atoms with van der Waals surface area (Å²) in [5.41, 5.74) is 1.89. The van der Waals surface area contributed by atoms with Crippen molar-refractivity contribution < 1.29 is 9.32 Å². The van der Waals surface area contributed by atoms with Crippen LogP contribution in [0.2, 0.25) is 0 Å². The second-order valence-electron chi connectivity index (χ2n) is 5.01. The van der Waals surface area contributed by atoms with Crippen LogP contribution in [0.3, 0.4) is 0 Å². The summed E-state index contributed by atoms with van der Waals surface area (Å²) >= 11 is 1.62. The van der Waals surface area contributed by atoms with Crippen molar-refractivity contribution in [2.24, 2.45) is 0 Å². The number of H-pyrrole nitrogens is 1. The number of amides is 1. The molecule has 0 unspecified atom stereocenters. The van der Waals surface area contributed by atoms with Crippen molar-refractivity contribution >= 4 is 28.7 Å². The Morgan fingerprint density at radius 1 is 1.35 bits per heavy atom. The van der Waals surface area contributed by atoms with Crippen LogP contribution >= 0.6 is 11.8 Å². The summed E-state index contributed by atoms with van der Waals surface area (Å²) < 4.78 is 5.06. The van der Waals surface area contributed by atoms with Crippen LogP contribution in [0.4, 0.5) is 0 Å². The molecule has 0 aliphatic heterocycles. The number of imidazole rings is 1. The highest BCUT2D eigenvalue weighted by atomic mass is 32.2. The maximum absolute atomic E-state index is 11.9. The highest BCUT2D eigenvalue weighted by Crippen LogP contribution is 2.11. The maximum atomic E-state index is 11.9. The number of thioether (sulfide) groups is 1. The van der Waals surface area contributed by atoms with Crippen molar-refractivity contribution in [2.45, 2.75) is 25.1 Å². The van der Waals surface area contributed by atoms with Gasteiger partial charge in [-0.3, -0.25) is 4.79 Å². The van der Waals surface area contributed by atoms with Crippen LogP contribution in [0.5, 0.6) is 0 Å². The number of nitrogens with one attached hydrogen (secondary N) is 2. The molecule has 0 aliphatic rings. The Kier molecular flexibility index (Phi) is 4.92. The van der Waals surface area contributed by atoms with E-state index in [-0.39, 0.29) is 12.5 Å². The van der Waals surface area contributed by atoms with Gasteiger partial charge in [0, 0.05) is 12.8 Å². The molecular weight excluding hydrogens is 314 g/mol. The summed E-state index contributed by atoms with van der Waals surface area (Å²) in [6, 6.07) is 7.80. The zero-order valence-electron chi connectivity index (χ0n) is 12.7. The monoisotopic (exact) mass is 331 g/mol. The van der Waals surface area contributed by atoms with E-state index in [1.165, 1.54) is 0 Å². The first kappa shape index (κ1) is 15.5. The molecular formula is C15H17N5O2S. The summed E-state index contributed by atoms with van der Waals surface area (Å²) in [5, 5.41) is 6.60. The Hall–Kier alpha value is -2.35. The van der Waals surface area contributed by atoms with Crippen molar-refractivity contribution in [1.29, 1.82) is 0 Å². The topological polar surface area (TPSA) is 96.7 Å². The number of hydrogen-bond donors (Lipinski definition) is 2. The number of rotatable bonds is 7. The standard InChI is InChI=1S/C15H17N5O2S/c1-23-9-13-19-15(22-20-13)8-16-14(21)7-6-12-17-10-4-2-3-5-11(10)18-12/h2-5H,6-9H2,1H3,(H,16,21)(H,17,18). The fourth-order valence-electron chi connectivity index (χ4n) is 2.17. The van der Waals surface area contributed by atoms with Crippen LogP contribution in [0.25, 0.3) is 11.0 Å². The molecule has 0 bridgehead atoms. The second kappa shape index (κ2) is 7.28. The number of aromatic nitrogens is 4. The fourth-order valence-corrected chi connectivity index (χ4v) is 2.54. The molecule has 0 saturated heterocycles. The summed E-state index contributed by atoms with van der Waals surface area (Å²) in [5.74, 6) is 2.50. The van der Waals surface area contributed by atoms with Gasteiger partial charge in [0.25, 0.3) is 0 Å². The molecule has 0 atom stereocenters. The molecule has 1 aromatic carbocycles. The molecule has 0 radical (unpaired) electrons. The van der Waals surface area contributed by atoms with Crippen molar-refractivity contribution in [2.75, 3.05) is 6.26 Å². The predicted octanol–water partition coefficient (Wildman–Crippen LogP) is 2.06. The summed E-state index contributed by atoms with van der Waals surface area (Å²) in [7, 11) is 0. The zero-order chi connectivity index (χ0) is 16.1. The van der Waals surface area contributed by atoms with E-state index >= 15 is 0 Å². The lowest BCUT2D eigenvalue weighted by molar-refractivity contribution is -0.121. The van der Waals surface area contributed by atoms with E-state index in [0.29, 0.717) is 30.3 Å². The van der Waals surface area contributed by atoms with E-state index in [0.717, 1.165) is 16.9 Å². The minimum atomic E-state index is -0.0740. The molecule has 7 nitrogen and oxygen atoms in total. The van der Waals surface area contributed by atoms with Crippen molar-refractivity contribution in [1.82, 2.24) is 25.4 Å². The van der Waals surface area contributed by atoms with Crippen LogP contribution in [0, 0.1) is 0 Å². The quantitative estimate of drug-likeness (QED) is 0.688. The molecule has 8 heteroatoms.